The number of thiophene rings is 1. The summed E-state index contributed by atoms with van der Waals surface area (Å²) >= 11 is 1.39. The molecular weight excluding hydrogens is 560 g/mol. The molecule has 0 spiro atoms. The number of benzene rings is 1. The number of rotatable bonds is 7. The fourth-order valence-corrected chi connectivity index (χ4v) is 7.14. The minimum absolute atomic E-state index is 0.0646. The number of nitriles is 1. The normalized spacial score (nSPS) is 21.0. The molecule has 0 radical (unpaired) electrons. The molecule has 0 bridgehead atoms. The lowest BCUT2D eigenvalue weighted by Gasteiger charge is -2.42. The molecule has 1 aromatic carbocycles. The number of carbonyl (C=O) groups is 1. The Kier molecular flexibility index (Phi) is 7.96. The van der Waals surface area contributed by atoms with Crippen molar-refractivity contribution in [2.75, 3.05) is 56.2 Å². The highest BCUT2D eigenvalue weighted by Gasteiger charge is 2.35. The van der Waals surface area contributed by atoms with Crippen LogP contribution in [0, 0.1) is 17.1 Å². The first-order valence-electron chi connectivity index (χ1n) is 14.2. The molecule has 3 aliphatic rings. The Bertz CT molecular complexity index is 1560. The lowest BCUT2D eigenvalue weighted by atomic mass is 10.0. The van der Waals surface area contributed by atoms with Gasteiger partial charge in [-0.25, -0.2) is 8.78 Å². The average Bonchev–Trinajstić information content (AvgIpc) is 3.65. The predicted molar refractivity (Wildman–Crippen MR) is 158 cm³/mol. The zero-order chi connectivity index (χ0) is 29.4. The van der Waals surface area contributed by atoms with Crippen LogP contribution in [0.4, 0.5) is 20.3 Å². The topological polar surface area (TPSA) is 88.8 Å². The van der Waals surface area contributed by atoms with Gasteiger partial charge in [-0.3, -0.25) is 4.79 Å². The number of likely N-dealkylation sites (tertiary alicyclic amines) is 1. The number of hydrogen-bond donors (Lipinski definition) is 0. The molecule has 0 aliphatic carbocycles. The fourth-order valence-electron chi connectivity index (χ4n) is 6.32. The lowest BCUT2D eigenvalue weighted by molar-refractivity contribution is -0.131. The molecule has 0 N–H and O–H groups in total. The number of nitrogens with zero attached hydrogens (tertiary/aromatic N) is 7. The van der Waals surface area contributed by atoms with Gasteiger partial charge < -0.3 is 24.3 Å². The average molecular weight is 594 g/mol. The van der Waals surface area contributed by atoms with Crippen LogP contribution in [0.3, 0.4) is 0 Å². The summed E-state index contributed by atoms with van der Waals surface area (Å²) in [7, 11) is 2.09. The van der Waals surface area contributed by atoms with E-state index in [-0.39, 0.29) is 24.8 Å². The summed E-state index contributed by atoms with van der Waals surface area (Å²) in [6.07, 6.45) is 2.89. The second-order valence-corrected chi connectivity index (χ2v) is 12.0. The predicted octanol–water partition coefficient (Wildman–Crippen LogP) is 4.28. The molecule has 3 aromatic rings. The Morgan fingerprint density at radius 1 is 1.19 bits per heavy atom. The van der Waals surface area contributed by atoms with Gasteiger partial charge in [0.2, 0.25) is 0 Å². The van der Waals surface area contributed by atoms with Gasteiger partial charge in [-0.2, -0.15) is 15.2 Å². The Labute approximate surface area is 247 Å². The van der Waals surface area contributed by atoms with E-state index in [2.05, 4.69) is 34.4 Å². The maximum absolute atomic E-state index is 14.4. The van der Waals surface area contributed by atoms with Crippen molar-refractivity contribution < 1.29 is 18.3 Å². The van der Waals surface area contributed by atoms with E-state index in [0.29, 0.717) is 49.9 Å². The first kappa shape index (κ1) is 28.3. The van der Waals surface area contributed by atoms with E-state index in [0.717, 1.165) is 47.5 Å². The molecule has 3 aliphatic heterocycles. The second-order valence-electron chi connectivity index (χ2n) is 11.1. The number of ether oxygens (including phenoxy) is 1. The van der Waals surface area contributed by atoms with Crippen molar-refractivity contribution in [1.82, 2.24) is 19.8 Å². The number of halogens is 2. The van der Waals surface area contributed by atoms with Crippen LogP contribution in [0.15, 0.2) is 36.0 Å². The van der Waals surface area contributed by atoms with Gasteiger partial charge in [0.05, 0.1) is 35.5 Å². The third-order valence-corrected chi connectivity index (χ3v) is 9.51. The van der Waals surface area contributed by atoms with E-state index >= 15 is 0 Å². The van der Waals surface area contributed by atoms with Crippen LogP contribution in [-0.2, 0) is 17.8 Å². The van der Waals surface area contributed by atoms with Gasteiger partial charge in [0.15, 0.2) is 5.83 Å². The van der Waals surface area contributed by atoms with Crippen molar-refractivity contribution in [3.8, 4) is 12.1 Å². The summed E-state index contributed by atoms with van der Waals surface area (Å²) < 4.78 is 35.0. The van der Waals surface area contributed by atoms with E-state index in [4.69, 9.17) is 14.7 Å². The summed E-state index contributed by atoms with van der Waals surface area (Å²) in [4.78, 5) is 30.2. The molecular formula is C30H33F2N7O2S. The van der Waals surface area contributed by atoms with Gasteiger partial charge in [0.25, 0.3) is 5.91 Å². The zero-order valence-electron chi connectivity index (χ0n) is 23.6. The monoisotopic (exact) mass is 593 g/mol. The Hall–Kier alpha value is -3.82. The van der Waals surface area contributed by atoms with Gasteiger partial charge >= 0.3 is 6.01 Å². The van der Waals surface area contributed by atoms with Crippen molar-refractivity contribution >= 4 is 38.8 Å². The van der Waals surface area contributed by atoms with E-state index in [1.165, 1.54) is 22.3 Å². The van der Waals surface area contributed by atoms with Crippen LogP contribution in [0.1, 0.15) is 30.5 Å². The minimum atomic E-state index is -1.03. The van der Waals surface area contributed by atoms with E-state index in [1.807, 2.05) is 17.5 Å². The summed E-state index contributed by atoms with van der Waals surface area (Å²) in [5, 5.41) is 12.2. The molecule has 0 unspecified atom stereocenters. The largest absolute Gasteiger partial charge is 0.462 e. The van der Waals surface area contributed by atoms with Gasteiger partial charge in [0, 0.05) is 48.9 Å². The second kappa shape index (κ2) is 11.8. The molecule has 12 heteroatoms. The van der Waals surface area contributed by atoms with Crippen LogP contribution in [-0.4, -0.2) is 84.1 Å². The van der Waals surface area contributed by atoms with Crippen molar-refractivity contribution in [2.24, 2.45) is 0 Å². The van der Waals surface area contributed by atoms with Gasteiger partial charge in [0.1, 0.15) is 18.2 Å². The Morgan fingerprint density at radius 3 is 2.81 bits per heavy atom. The molecule has 2 atom stereocenters. The highest BCUT2D eigenvalue weighted by atomic mass is 32.1. The number of carbonyl (C=O) groups excluding carboxylic acids is 1. The zero-order valence-corrected chi connectivity index (χ0v) is 24.4. The number of fused-ring (bicyclic) bond motifs is 2. The molecule has 5 heterocycles. The maximum atomic E-state index is 14.4. The quantitative estimate of drug-likeness (QED) is 0.375. The number of aromatic nitrogens is 2. The number of piperazine rings is 1. The molecule has 1 amide bonds. The molecule has 6 rings (SSSR count). The number of hydrogen-bond acceptors (Lipinski definition) is 9. The third-order valence-electron chi connectivity index (χ3n) is 8.59. The van der Waals surface area contributed by atoms with Crippen LogP contribution in [0.2, 0.25) is 0 Å². The van der Waals surface area contributed by atoms with Gasteiger partial charge in [-0.05, 0) is 56.4 Å². The van der Waals surface area contributed by atoms with Crippen LogP contribution in [0.25, 0.3) is 10.1 Å². The smallest absolute Gasteiger partial charge is 0.318 e. The molecule has 2 fully saturated rings. The van der Waals surface area contributed by atoms with Crippen LogP contribution >= 0.6 is 11.3 Å². The number of likely N-dealkylation sites (N-methyl/N-ethyl adjacent to an activating group) is 1. The standard InChI is InChI=1S/C30H33F2N7O2S/c1-19(31)29(40)39-14-13-38(16-20(39)7-10-33)28-22-8-12-37(26-6-5-24(32)27-23(26)9-15-42-27)17-25(22)34-30(35-28)41-18-21-4-3-11-36(21)2/h5-6,9,15,20-21H,1,3-4,7-8,11-14,16-18H2,2H3/t20-,21-/m0/s1. The van der Waals surface area contributed by atoms with Crippen molar-refractivity contribution in [1.29, 1.82) is 5.26 Å². The Morgan fingerprint density at radius 2 is 2.05 bits per heavy atom. The van der Waals surface area contributed by atoms with E-state index in [9.17, 15) is 18.8 Å². The lowest BCUT2D eigenvalue weighted by Crippen LogP contribution is -2.55. The Balaban J connectivity index is 1.32. The highest BCUT2D eigenvalue weighted by Crippen LogP contribution is 2.37. The minimum Gasteiger partial charge on any atom is -0.462 e. The molecule has 42 heavy (non-hydrogen) atoms. The fraction of sp³-hybridized carbons (Fsp3) is 0.467. The third kappa shape index (κ3) is 5.39. The summed E-state index contributed by atoms with van der Waals surface area (Å²) in [5.41, 5.74) is 2.79. The number of anilines is 2. The summed E-state index contributed by atoms with van der Waals surface area (Å²) in [6, 6.07) is 7.51. The molecule has 9 nitrogen and oxygen atoms in total. The highest BCUT2D eigenvalue weighted by molar-refractivity contribution is 7.17. The van der Waals surface area contributed by atoms with E-state index < -0.39 is 17.8 Å². The van der Waals surface area contributed by atoms with Crippen LogP contribution in [0.5, 0.6) is 6.01 Å². The van der Waals surface area contributed by atoms with Gasteiger partial charge in [-0.15, -0.1) is 11.3 Å². The summed E-state index contributed by atoms with van der Waals surface area (Å²) in [5.74, 6) is -1.31. The van der Waals surface area contributed by atoms with Crippen molar-refractivity contribution in [3.05, 3.63) is 53.1 Å². The molecule has 2 saturated heterocycles. The maximum Gasteiger partial charge on any atom is 0.318 e. The van der Waals surface area contributed by atoms with Gasteiger partial charge in [-0.1, -0.05) is 6.58 Å². The first-order valence-corrected chi connectivity index (χ1v) is 15.1. The van der Waals surface area contributed by atoms with Crippen molar-refractivity contribution in [3.63, 3.8) is 0 Å². The van der Waals surface area contributed by atoms with E-state index in [1.54, 1.807) is 0 Å². The molecule has 2 aromatic heterocycles. The van der Waals surface area contributed by atoms with Crippen molar-refractivity contribution in [2.45, 2.75) is 44.3 Å². The first-order chi connectivity index (χ1) is 20.3. The SMILES string of the molecule is C=C(F)C(=O)N1CCN(c2nc(OC[C@@H]3CCCN3C)nc3c2CCN(c2ccc(F)c4sccc24)C3)C[C@@H]1CC#N. The van der Waals surface area contributed by atoms with Crippen LogP contribution < -0.4 is 14.5 Å². The molecule has 0 saturated carbocycles. The number of amides is 1. The molecule has 220 valence electrons. The summed E-state index contributed by atoms with van der Waals surface area (Å²) in [6.45, 7) is 6.86.